The summed E-state index contributed by atoms with van der Waals surface area (Å²) in [6.45, 7) is 9.58. The number of hydrogen-bond acceptors (Lipinski definition) is 4. The Kier molecular flexibility index (Phi) is 7.22. The lowest BCUT2D eigenvalue weighted by Gasteiger charge is -2.36. The number of nitrogens with one attached hydrogen (secondary N) is 1. The van der Waals surface area contributed by atoms with Crippen LogP contribution in [0, 0.1) is 5.82 Å². The Hall–Kier alpha value is -1.70. The van der Waals surface area contributed by atoms with Crippen molar-refractivity contribution >= 4 is 6.03 Å². The van der Waals surface area contributed by atoms with Crippen LogP contribution < -0.4 is 5.32 Å². The Balaban J connectivity index is 1.31. The van der Waals surface area contributed by atoms with Crippen molar-refractivity contribution in [3.05, 3.63) is 35.6 Å². The molecule has 0 saturated carbocycles. The van der Waals surface area contributed by atoms with Gasteiger partial charge in [0.1, 0.15) is 5.82 Å². The molecule has 2 saturated heterocycles. The van der Waals surface area contributed by atoms with E-state index in [1.54, 1.807) is 12.1 Å². The van der Waals surface area contributed by atoms with Gasteiger partial charge in [0.25, 0.3) is 0 Å². The average Bonchev–Trinajstić information content (AvgIpc) is 2.69. The number of morpholine rings is 1. The minimum atomic E-state index is -0.212. The molecule has 1 aromatic rings. The van der Waals surface area contributed by atoms with E-state index >= 15 is 0 Å². The molecule has 3 rings (SSSR count). The van der Waals surface area contributed by atoms with Gasteiger partial charge in [-0.05, 0) is 18.1 Å². The average molecular weight is 364 g/mol. The first kappa shape index (κ1) is 19.1. The number of rotatable bonds is 6. The van der Waals surface area contributed by atoms with Gasteiger partial charge in [-0.15, -0.1) is 0 Å². The predicted molar refractivity (Wildman–Crippen MR) is 98.8 cm³/mol. The molecule has 7 heteroatoms. The van der Waals surface area contributed by atoms with Gasteiger partial charge in [-0.2, -0.15) is 0 Å². The third-order valence-electron chi connectivity index (χ3n) is 5.12. The first-order chi connectivity index (χ1) is 12.7. The molecule has 0 bridgehead atoms. The zero-order valence-electron chi connectivity index (χ0n) is 15.3. The highest BCUT2D eigenvalue weighted by Gasteiger charge is 2.21. The summed E-state index contributed by atoms with van der Waals surface area (Å²) >= 11 is 0. The molecule has 0 aliphatic carbocycles. The number of halogens is 1. The summed E-state index contributed by atoms with van der Waals surface area (Å²) in [6.07, 6.45) is 0.512. The fourth-order valence-corrected chi connectivity index (χ4v) is 3.40. The largest absolute Gasteiger partial charge is 0.379 e. The molecule has 26 heavy (non-hydrogen) atoms. The van der Waals surface area contributed by atoms with E-state index in [1.807, 2.05) is 11.0 Å². The van der Waals surface area contributed by atoms with E-state index in [4.69, 9.17) is 4.74 Å². The Bertz CT molecular complexity index is 572. The van der Waals surface area contributed by atoms with Gasteiger partial charge >= 0.3 is 6.03 Å². The van der Waals surface area contributed by atoms with Gasteiger partial charge in [0.2, 0.25) is 0 Å². The van der Waals surface area contributed by atoms with Crippen LogP contribution in [0.5, 0.6) is 0 Å². The molecular weight excluding hydrogens is 335 g/mol. The Morgan fingerprint density at radius 3 is 2.35 bits per heavy atom. The summed E-state index contributed by atoms with van der Waals surface area (Å²) in [5.74, 6) is -0.212. The molecule has 2 amide bonds. The SMILES string of the molecule is O=C(NCCc1ccccc1F)N1CCN(CCN2CCOCC2)CC1. The number of hydrogen-bond donors (Lipinski definition) is 1. The maximum absolute atomic E-state index is 13.6. The normalized spacial score (nSPS) is 19.5. The zero-order chi connectivity index (χ0) is 18.2. The second-order valence-electron chi connectivity index (χ2n) is 6.86. The van der Waals surface area contributed by atoms with Gasteiger partial charge in [-0.1, -0.05) is 18.2 Å². The van der Waals surface area contributed by atoms with Crippen molar-refractivity contribution < 1.29 is 13.9 Å². The monoisotopic (exact) mass is 364 g/mol. The van der Waals surface area contributed by atoms with E-state index in [-0.39, 0.29) is 11.8 Å². The fourth-order valence-electron chi connectivity index (χ4n) is 3.40. The smallest absolute Gasteiger partial charge is 0.317 e. The molecule has 0 aromatic heterocycles. The van der Waals surface area contributed by atoms with Crippen LogP contribution in [0.3, 0.4) is 0 Å². The number of nitrogens with zero attached hydrogens (tertiary/aromatic N) is 3. The van der Waals surface area contributed by atoms with Gasteiger partial charge in [0.05, 0.1) is 13.2 Å². The number of carbonyl (C=O) groups excluding carboxylic acids is 1. The van der Waals surface area contributed by atoms with Crippen molar-refractivity contribution in [2.75, 3.05) is 72.1 Å². The summed E-state index contributed by atoms with van der Waals surface area (Å²) in [6, 6.07) is 6.66. The lowest BCUT2D eigenvalue weighted by Crippen LogP contribution is -2.53. The Morgan fingerprint density at radius 1 is 1.00 bits per heavy atom. The Morgan fingerprint density at radius 2 is 1.65 bits per heavy atom. The summed E-state index contributed by atoms with van der Waals surface area (Å²) in [5.41, 5.74) is 0.640. The lowest BCUT2D eigenvalue weighted by atomic mass is 10.1. The highest BCUT2D eigenvalue weighted by Crippen LogP contribution is 2.07. The summed E-state index contributed by atoms with van der Waals surface area (Å²) in [4.78, 5) is 19.0. The molecule has 2 aliphatic heterocycles. The summed E-state index contributed by atoms with van der Waals surface area (Å²) < 4.78 is 19.0. The molecule has 1 N–H and O–H groups in total. The number of carbonyl (C=O) groups is 1. The van der Waals surface area contributed by atoms with Crippen molar-refractivity contribution in [1.29, 1.82) is 0 Å². The first-order valence-corrected chi connectivity index (χ1v) is 9.51. The quantitative estimate of drug-likeness (QED) is 0.819. The Labute approximate surface area is 154 Å². The van der Waals surface area contributed by atoms with E-state index in [9.17, 15) is 9.18 Å². The third kappa shape index (κ3) is 5.65. The van der Waals surface area contributed by atoms with Crippen LogP contribution in [-0.4, -0.2) is 92.8 Å². The van der Waals surface area contributed by atoms with Crippen LogP contribution in [0.25, 0.3) is 0 Å². The molecule has 1 aromatic carbocycles. The fraction of sp³-hybridized carbons (Fsp3) is 0.632. The first-order valence-electron chi connectivity index (χ1n) is 9.51. The molecule has 0 spiro atoms. The molecule has 2 fully saturated rings. The van der Waals surface area contributed by atoms with Crippen molar-refractivity contribution in [3.63, 3.8) is 0 Å². The molecule has 0 atom stereocenters. The van der Waals surface area contributed by atoms with Crippen LogP contribution in [0.2, 0.25) is 0 Å². The number of benzene rings is 1. The maximum atomic E-state index is 13.6. The standard InChI is InChI=1S/C19H29FN4O2/c20-18-4-2-1-3-17(18)5-6-21-19(25)24-11-9-22(10-12-24)7-8-23-13-15-26-16-14-23/h1-4H,5-16H2,(H,21,25). The van der Waals surface area contributed by atoms with E-state index in [0.717, 1.165) is 65.6 Å². The van der Waals surface area contributed by atoms with Gasteiger partial charge in [-0.3, -0.25) is 9.80 Å². The van der Waals surface area contributed by atoms with Crippen LogP contribution in [0.1, 0.15) is 5.56 Å². The molecule has 0 unspecified atom stereocenters. The topological polar surface area (TPSA) is 48.1 Å². The highest BCUT2D eigenvalue weighted by molar-refractivity contribution is 5.74. The molecule has 0 radical (unpaired) electrons. The van der Waals surface area contributed by atoms with Crippen LogP contribution in [-0.2, 0) is 11.2 Å². The van der Waals surface area contributed by atoms with Crippen LogP contribution in [0.4, 0.5) is 9.18 Å². The summed E-state index contributed by atoms with van der Waals surface area (Å²) in [7, 11) is 0. The number of urea groups is 1. The van der Waals surface area contributed by atoms with Crippen LogP contribution >= 0.6 is 0 Å². The van der Waals surface area contributed by atoms with E-state index in [2.05, 4.69) is 15.1 Å². The number of ether oxygens (including phenoxy) is 1. The highest BCUT2D eigenvalue weighted by atomic mass is 19.1. The van der Waals surface area contributed by atoms with Crippen LogP contribution in [0.15, 0.2) is 24.3 Å². The van der Waals surface area contributed by atoms with Gasteiger partial charge in [0, 0.05) is 58.9 Å². The second-order valence-corrected chi connectivity index (χ2v) is 6.86. The van der Waals surface area contributed by atoms with Crippen molar-refractivity contribution in [3.8, 4) is 0 Å². The van der Waals surface area contributed by atoms with E-state index in [1.165, 1.54) is 6.07 Å². The predicted octanol–water partition coefficient (Wildman–Crippen LogP) is 1.03. The molecule has 2 heterocycles. The van der Waals surface area contributed by atoms with Crippen molar-refractivity contribution in [1.82, 2.24) is 20.0 Å². The molecular formula is C19H29FN4O2. The molecule has 6 nitrogen and oxygen atoms in total. The van der Waals surface area contributed by atoms with Gasteiger partial charge in [-0.25, -0.2) is 9.18 Å². The third-order valence-corrected chi connectivity index (χ3v) is 5.12. The summed E-state index contributed by atoms with van der Waals surface area (Å²) in [5, 5.41) is 2.91. The van der Waals surface area contributed by atoms with Crippen molar-refractivity contribution in [2.45, 2.75) is 6.42 Å². The van der Waals surface area contributed by atoms with Gasteiger partial charge in [0.15, 0.2) is 0 Å². The van der Waals surface area contributed by atoms with E-state index < -0.39 is 0 Å². The van der Waals surface area contributed by atoms with E-state index in [0.29, 0.717) is 18.5 Å². The molecule has 144 valence electrons. The second kappa shape index (κ2) is 9.85. The minimum absolute atomic E-state index is 0.0471. The zero-order valence-corrected chi connectivity index (χ0v) is 15.3. The number of piperazine rings is 1. The lowest BCUT2D eigenvalue weighted by molar-refractivity contribution is 0.0309. The number of amides is 2. The minimum Gasteiger partial charge on any atom is -0.379 e. The molecule has 2 aliphatic rings. The van der Waals surface area contributed by atoms with Crippen molar-refractivity contribution in [2.24, 2.45) is 0 Å². The van der Waals surface area contributed by atoms with Gasteiger partial charge < -0.3 is 15.0 Å². The maximum Gasteiger partial charge on any atom is 0.317 e.